The van der Waals surface area contributed by atoms with Crippen molar-refractivity contribution in [3.05, 3.63) is 60.8 Å². The van der Waals surface area contributed by atoms with Crippen LogP contribution in [0.1, 0.15) is 155 Å². The number of allylic oxidation sites excluding steroid dienone is 9. The van der Waals surface area contributed by atoms with Crippen LogP contribution in [0.15, 0.2) is 60.8 Å². The summed E-state index contributed by atoms with van der Waals surface area (Å²) < 4.78 is 38.1. The second-order valence-corrected chi connectivity index (χ2v) is 15.8. The number of epoxide rings is 1. The molecule has 3 N–H and O–H groups in total. The third-order valence-corrected chi connectivity index (χ3v) is 10.1. The Bertz CT molecular complexity index is 1180. The van der Waals surface area contributed by atoms with Crippen LogP contribution in [0.4, 0.5) is 0 Å². The summed E-state index contributed by atoms with van der Waals surface area (Å²) in [6.45, 7) is 2.18. The Balaban J connectivity index is 2.29. The molecule has 1 rings (SSSR count). The van der Waals surface area contributed by atoms with E-state index >= 15 is 0 Å². The molecule has 5 unspecified atom stereocenters. The number of phosphoric acid groups is 1. The Morgan fingerprint density at radius 2 is 1.16 bits per heavy atom. The number of ether oxygens (including phenoxy) is 3. The molecule has 0 aromatic rings. The van der Waals surface area contributed by atoms with E-state index in [0.717, 1.165) is 70.6 Å². The number of rotatable bonds is 38. The molecule has 0 radical (unpaired) electrons. The minimum Gasteiger partial charge on any atom is -0.462 e. The van der Waals surface area contributed by atoms with Crippen LogP contribution in [0, 0.1) is 0 Å². The fourth-order valence-corrected chi connectivity index (χ4v) is 6.47. The molecular weight excluding hydrogens is 735 g/mol. The summed E-state index contributed by atoms with van der Waals surface area (Å²) in [5, 5.41) is 18.3. The highest BCUT2D eigenvalue weighted by atomic mass is 31.2. The second-order valence-electron chi connectivity index (χ2n) is 14.4. The average Bonchev–Trinajstić information content (AvgIpc) is 3.96. The van der Waals surface area contributed by atoms with Crippen molar-refractivity contribution in [2.24, 2.45) is 0 Å². The van der Waals surface area contributed by atoms with Gasteiger partial charge in [-0.05, 0) is 77.0 Å². The third kappa shape index (κ3) is 32.7. The van der Waals surface area contributed by atoms with Gasteiger partial charge in [-0.3, -0.25) is 18.6 Å². The molecule has 322 valence electrons. The normalized spacial score (nSPS) is 18.1. The number of carbonyl (C=O) groups excluding carboxylic acids is 2. The van der Waals surface area contributed by atoms with Crippen molar-refractivity contribution < 1.29 is 52.5 Å². The van der Waals surface area contributed by atoms with Crippen molar-refractivity contribution in [3.8, 4) is 0 Å². The molecule has 0 aliphatic carbocycles. The SMILES string of the molecule is CCCCCCCCC=CCCCCCCCC(=O)OCC(COP(=O)(O)OCC(O)CO)OC(=O)CCCC=CCC=CCC=CCC=CCC1OC1CC. The Labute approximate surface area is 338 Å². The van der Waals surface area contributed by atoms with E-state index in [1.165, 1.54) is 38.5 Å². The first-order valence-corrected chi connectivity index (χ1v) is 22.9. The predicted molar refractivity (Wildman–Crippen MR) is 223 cm³/mol. The van der Waals surface area contributed by atoms with Crippen molar-refractivity contribution in [1.82, 2.24) is 0 Å². The maximum atomic E-state index is 12.6. The van der Waals surface area contributed by atoms with E-state index in [-0.39, 0.29) is 19.4 Å². The molecular formula is C44H75O11P. The van der Waals surface area contributed by atoms with E-state index in [4.69, 9.17) is 23.8 Å². The van der Waals surface area contributed by atoms with Gasteiger partial charge in [0.2, 0.25) is 0 Å². The zero-order valence-corrected chi connectivity index (χ0v) is 35.4. The summed E-state index contributed by atoms with van der Waals surface area (Å²) in [6.07, 6.45) is 41.0. The first-order valence-electron chi connectivity index (χ1n) is 21.4. The number of aliphatic hydroxyl groups excluding tert-OH is 2. The van der Waals surface area contributed by atoms with Gasteiger partial charge in [-0.2, -0.15) is 0 Å². The molecule has 0 amide bonds. The van der Waals surface area contributed by atoms with Crippen molar-refractivity contribution in [1.29, 1.82) is 0 Å². The van der Waals surface area contributed by atoms with Gasteiger partial charge in [0.15, 0.2) is 6.10 Å². The van der Waals surface area contributed by atoms with Gasteiger partial charge in [0.05, 0.1) is 32.0 Å². The molecule has 1 heterocycles. The van der Waals surface area contributed by atoms with E-state index in [1.54, 1.807) is 0 Å². The van der Waals surface area contributed by atoms with Crippen LogP contribution in [0.3, 0.4) is 0 Å². The maximum absolute atomic E-state index is 12.6. The minimum atomic E-state index is -4.64. The van der Waals surface area contributed by atoms with Gasteiger partial charge in [0.25, 0.3) is 0 Å². The van der Waals surface area contributed by atoms with Crippen molar-refractivity contribution in [2.75, 3.05) is 26.4 Å². The van der Waals surface area contributed by atoms with Crippen LogP contribution in [0.2, 0.25) is 0 Å². The Morgan fingerprint density at radius 1 is 0.643 bits per heavy atom. The summed E-state index contributed by atoms with van der Waals surface area (Å²) >= 11 is 0. The number of hydrogen-bond donors (Lipinski definition) is 3. The molecule has 0 aromatic heterocycles. The predicted octanol–water partition coefficient (Wildman–Crippen LogP) is 10.1. The Kier molecular flexibility index (Phi) is 33.0. The van der Waals surface area contributed by atoms with Crippen LogP contribution in [-0.4, -0.2) is 77.9 Å². The first-order chi connectivity index (χ1) is 27.2. The number of carbonyl (C=O) groups is 2. The topological polar surface area (TPSA) is 161 Å². The average molecular weight is 811 g/mol. The lowest BCUT2D eigenvalue weighted by molar-refractivity contribution is -0.161. The largest absolute Gasteiger partial charge is 0.472 e. The van der Waals surface area contributed by atoms with E-state index in [0.29, 0.717) is 31.5 Å². The molecule has 1 saturated heterocycles. The third-order valence-electron chi connectivity index (χ3n) is 9.13. The molecule has 0 spiro atoms. The van der Waals surface area contributed by atoms with Crippen LogP contribution >= 0.6 is 7.82 Å². The molecule has 0 bridgehead atoms. The van der Waals surface area contributed by atoms with Crippen molar-refractivity contribution >= 4 is 19.8 Å². The Hall–Kier alpha value is -2.37. The lowest BCUT2D eigenvalue weighted by Gasteiger charge is -2.20. The zero-order chi connectivity index (χ0) is 41.0. The second kappa shape index (κ2) is 35.8. The first kappa shape index (κ1) is 51.6. The summed E-state index contributed by atoms with van der Waals surface area (Å²) in [4.78, 5) is 34.9. The highest BCUT2D eigenvalue weighted by Crippen LogP contribution is 2.43. The number of phosphoric ester groups is 1. The molecule has 5 atom stereocenters. The fraction of sp³-hybridized carbons (Fsp3) is 0.727. The van der Waals surface area contributed by atoms with Crippen LogP contribution in [0.5, 0.6) is 0 Å². The lowest BCUT2D eigenvalue weighted by atomic mass is 10.1. The van der Waals surface area contributed by atoms with Gasteiger partial charge in [-0.15, -0.1) is 0 Å². The van der Waals surface area contributed by atoms with E-state index in [1.807, 2.05) is 12.2 Å². The molecule has 1 aliphatic heterocycles. The number of unbranched alkanes of at least 4 members (excludes halogenated alkanes) is 12. The lowest BCUT2D eigenvalue weighted by Crippen LogP contribution is -2.29. The van der Waals surface area contributed by atoms with Crippen molar-refractivity contribution in [2.45, 2.75) is 180 Å². The summed E-state index contributed by atoms with van der Waals surface area (Å²) in [5.41, 5.74) is 0. The zero-order valence-electron chi connectivity index (χ0n) is 34.5. The minimum absolute atomic E-state index is 0.0988. The molecule has 1 aliphatic rings. The van der Waals surface area contributed by atoms with E-state index < -0.39 is 51.8 Å². The summed E-state index contributed by atoms with van der Waals surface area (Å²) in [5.74, 6) is -1.01. The molecule has 11 nitrogen and oxygen atoms in total. The van der Waals surface area contributed by atoms with Gasteiger partial charge in [-0.1, -0.05) is 126 Å². The van der Waals surface area contributed by atoms with Gasteiger partial charge in [0, 0.05) is 12.8 Å². The number of esters is 2. The van der Waals surface area contributed by atoms with E-state index in [9.17, 15) is 24.2 Å². The van der Waals surface area contributed by atoms with Gasteiger partial charge in [0.1, 0.15) is 12.7 Å². The summed E-state index contributed by atoms with van der Waals surface area (Å²) in [6, 6.07) is 0. The monoisotopic (exact) mass is 811 g/mol. The van der Waals surface area contributed by atoms with Crippen molar-refractivity contribution in [3.63, 3.8) is 0 Å². The van der Waals surface area contributed by atoms with Gasteiger partial charge >= 0.3 is 19.8 Å². The van der Waals surface area contributed by atoms with Gasteiger partial charge < -0.3 is 29.3 Å². The highest BCUT2D eigenvalue weighted by molar-refractivity contribution is 7.47. The number of hydrogen-bond acceptors (Lipinski definition) is 10. The molecule has 0 aromatic carbocycles. The molecule has 12 heteroatoms. The smallest absolute Gasteiger partial charge is 0.462 e. The molecule has 0 saturated carbocycles. The maximum Gasteiger partial charge on any atom is 0.472 e. The fourth-order valence-electron chi connectivity index (χ4n) is 5.68. The Morgan fingerprint density at radius 3 is 1.77 bits per heavy atom. The quantitative estimate of drug-likeness (QED) is 0.0179. The van der Waals surface area contributed by atoms with Crippen LogP contribution in [0.25, 0.3) is 0 Å². The van der Waals surface area contributed by atoms with E-state index in [2.05, 4.69) is 67.0 Å². The highest BCUT2D eigenvalue weighted by Gasteiger charge is 2.35. The van der Waals surface area contributed by atoms with Crippen LogP contribution in [-0.2, 0) is 37.4 Å². The van der Waals surface area contributed by atoms with Crippen LogP contribution < -0.4 is 0 Å². The standard InChI is InChI=1S/C44H75O11P/c1-3-5-6-7-8-9-10-11-12-15-18-21-24-27-30-33-43(47)51-37-40(38-53-56(49,50)52-36-39(46)35-45)54-44(48)34-31-28-25-22-19-16-13-14-17-20-23-26-29-32-42-41(4-2)55-42/h11-13,16-17,20,22,25-26,29,39-42,45-46H,3-10,14-15,18-19,21,23-24,27-28,30-38H2,1-2H3,(H,49,50). The number of aliphatic hydroxyl groups is 2. The molecule has 1 fully saturated rings. The summed E-state index contributed by atoms with van der Waals surface area (Å²) in [7, 11) is -4.64. The molecule has 56 heavy (non-hydrogen) atoms. The van der Waals surface area contributed by atoms with Gasteiger partial charge in [-0.25, -0.2) is 4.57 Å².